The van der Waals surface area contributed by atoms with E-state index in [1.807, 2.05) is 0 Å². The van der Waals surface area contributed by atoms with E-state index in [1.165, 1.54) is 0 Å². The average Bonchev–Trinajstić information content (AvgIpc) is 2.11. The van der Waals surface area contributed by atoms with Gasteiger partial charge in [0.05, 0.1) is 29.8 Å². The van der Waals surface area contributed by atoms with Crippen LogP contribution in [0.1, 0.15) is 10.4 Å². The van der Waals surface area contributed by atoms with Gasteiger partial charge in [-0.1, -0.05) is 11.6 Å². The van der Waals surface area contributed by atoms with Gasteiger partial charge in [-0.05, 0) is 18.2 Å². The number of nitrogens with two attached hydrogens (primary N) is 1. The van der Waals surface area contributed by atoms with Crippen molar-refractivity contribution in [2.45, 2.75) is 6.04 Å². The van der Waals surface area contributed by atoms with Crippen molar-refractivity contribution in [3.8, 4) is 0 Å². The van der Waals surface area contributed by atoms with Crippen molar-refractivity contribution >= 4 is 23.2 Å². The summed E-state index contributed by atoms with van der Waals surface area (Å²) in [6.45, 7) is 1.41. The SMILES string of the molecule is NC(=O)c1ccc(NC2COC2)cc1Cl. The topological polar surface area (TPSA) is 64.4 Å². The van der Waals surface area contributed by atoms with Gasteiger partial charge in [-0.2, -0.15) is 0 Å². The van der Waals surface area contributed by atoms with Crippen molar-refractivity contribution in [2.24, 2.45) is 5.73 Å². The molecular formula is C10H11ClN2O2. The molecule has 1 fully saturated rings. The minimum absolute atomic E-state index is 0.334. The summed E-state index contributed by atoms with van der Waals surface area (Å²) in [5.41, 5.74) is 6.35. The summed E-state index contributed by atoms with van der Waals surface area (Å²) in [6.07, 6.45) is 0. The van der Waals surface area contributed by atoms with Gasteiger partial charge in [-0.3, -0.25) is 4.79 Å². The molecule has 2 rings (SSSR count). The zero-order valence-corrected chi connectivity index (χ0v) is 8.75. The lowest BCUT2D eigenvalue weighted by molar-refractivity contribution is 0.0211. The standard InChI is InChI=1S/C10H11ClN2O2/c11-9-3-6(13-7-4-15-5-7)1-2-8(9)10(12)14/h1-3,7,13H,4-5H2,(H2,12,14). The lowest BCUT2D eigenvalue weighted by atomic mass is 10.1. The Kier molecular flexibility index (Phi) is 2.79. The normalized spacial score (nSPS) is 15.8. The lowest BCUT2D eigenvalue weighted by Gasteiger charge is -2.27. The van der Waals surface area contributed by atoms with E-state index < -0.39 is 5.91 Å². The Morgan fingerprint density at radius 1 is 1.53 bits per heavy atom. The van der Waals surface area contributed by atoms with Crippen LogP contribution in [-0.4, -0.2) is 25.2 Å². The van der Waals surface area contributed by atoms with E-state index in [4.69, 9.17) is 22.1 Å². The maximum Gasteiger partial charge on any atom is 0.250 e. The van der Waals surface area contributed by atoms with Crippen LogP contribution in [0.2, 0.25) is 5.02 Å². The number of rotatable bonds is 3. The van der Waals surface area contributed by atoms with Gasteiger partial charge in [0.2, 0.25) is 5.91 Å². The summed E-state index contributed by atoms with van der Waals surface area (Å²) >= 11 is 5.90. The minimum Gasteiger partial charge on any atom is -0.378 e. The third kappa shape index (κ3) is 2.22. The molecule has 0 aliphatic carbocycles. The van der Waals surface area contributed by atoms with E-state index in [0.29, 0.717) is 29.8 Å². The van der Waals surface area contributed by atoms with Gasteiger partial charge in [0.15, 0.2) is 0 Å². The second-order valence-corrected chi connectivity index (χ2v) is 3.84. The Hall–Kier alpha value is -1.26. The van der Waals surface area contributed by atoms with Crippen molar-refractivity contribution in [1.82, 2.24) is 0 Å². The number of primary amides is 1. The highest BCUT2D eigenvalue weighted by Gasteiger charge is 2.18. The minimum atomic E-state index is -0.515. The Balaban J connectivity index is 2.13. The van der Waals surface area contributed by atoms with Crippen LogP contribution in [0.4, 0.5) is 5.69 Å². The summed E-state index contributed by atoms with van der Waals surface area (Å²) in [5.74, 6) is -0.515. The molecule has 1 aromatic rings. The second kappa shape index (κ2) is 4.08. The molecule has 1 aromatic carbocycles. The highest BCUT2D eigenvalue weighted by Crippen LogP contribution is 2.22. The molecule has 4 nitrogen and oxygen atoms in total. The van der Waals surface area contributed by atoms with Crippen molar-refractivity contribution in [3.63, 3.8) is 0 Å². The molecule has 1 aliphatic heterocycles. The number of ether oxygens (including phenoxy) is 1. The first-order valence-corrected chi connectivity index (χ1v) is 4.98. The van der Waals surface area contributed by atoms with Crippen LogP contribution in [0.3, 0.4) is 0 Å². The largest absolute Gasteiger partial charge is 0.378 e. The van der Waals surface area contributed by atoms with Gasteiger partial charge < -0.3 is 15.8 Å². The van der Waals surface area contributed by atoms with Gasteiger partial charge in [0, 0.05) is 5.69 Å². The molecule has 1 aliphatic rings. The van der Waals surface area contributed by atoms with E-state index in [1.54, 1.807) is 18.2 Å². The van der Waals surface area contributed by atoms with E-state index in [9.17, 15) is 4.79 Å². The summed E-state index contributed by atoms with van der Waals surface area (Å²) in [7, 11) is 0. The number of carbonyl (C=O) groups excluding carboxylic acids is 1. The Bertz CT molecular complexity index is 391. The Morgan fingerprint density at radius 2 is 2.27 bits per heavy atom. The van der Waals surface area contributed by atoms with Gasteiger partial charge in [0.1, 0.15) is 0 Å². The summed E-state index contributed by atoms with van der Waals surface area (Å²) < 4.78 is 5.03. The number of anilines is 1. The molecule has 3 N–H and O–H groups in total. The fourth-order valence-corrected chi connectivity index (χ4v) is 1.63. The predicted molar refractivity (Wildman–Crippen MR) is 58.2 cm³/mol. The Morgan fingerprint density at radius 3 is 2.73 bits per heavy atom. The summed E-state index contributed by atoms with van der Waals surface area (Å²) in [6, 6.07) is 5.43. The molecule has 1 heterocycles. The molecule has 1 amide bonds. The van der Waals surface area contributed by atoms with Crippen LogP contribution in [0.15, 0.2) is 18.2 Å². The number of hydrogen-bond donors (Lipinski definition) is 2. The monoisotopic (exact) mass is 226 g/mol. The lowest BCUT2D eigenvalue weighted by Crippen LogP contribution is -2.40. The van der Waals surface area contributed by atoms with Crippen molar-refractivity contribution in [2.75, 3.05) is 18.5 Å². The molecule has 0 radical (unpaired) electrons. The van der Waals surface area contributed by atoms with Crippen LogP contribution >= 0.6 is 11.6 Å². The zero-order valence-electron chi connectivity index (χ0n) is 8.00. The molecule has 15 heavy (non-hydrogen) atoms. The first-order chi connectivity index (χ1) is 7.16. The van der Waals surface area contributed by atoms with Crippen LogP contribution < -0.4 is 11.1 Å². The molecule has 5 heteroatoms. The van der Waals surface area contributed by atoms with Crippen LogP contribution in [0.5, 0.6) is 0 Å². The second-order valence-electron chi connectivity index (χ2n) is 3.44. The molecule has 80 valence electrons. The van der Waals surface area contributed by atoms with E-state index in [2.05, 4.69) is 5.32 Å². The fourth-order valence-electron chi connectivity index (χ4n) is 1.36. The molecule has 1 saturated heterocycles. The highest BCUT2D eigenvalue weighted by molar-refractivity contribution is 6.34. The molecule has 0 unspecified atom stereocenters. The maximum absolute atomic E-state index is 10.9. The van der Waals surface area contributed by atoms with Gasteiger partial charge in [-0.15, -0.1) is 0 Å². The van der Waals surface area contributed by atoms with E-state index >= 15 is 0 Å². The summed E-state index contributed by atoms with van der Waals surface area (Å²) in [4.78, 5) is 10.9. The molecule has 0 bridgehead atoms. The molecule has 0 aromatic heterocycles. The van der Waals surface area contributed by atoms with Crippen molar-refractivity contribution in [1.29, 1.82) is 0 Å². The number of amides is 1. The maximum atomic E-state index is 10.9. The molecule has 0 spiro atoms. The Labute approximate surface area is 92.4 Å². The number of halogens is 1. The highest BCUT2D eigenvalue weighted by atomic mass is 35.5. The average molecular weight is 227 g/mol. The molecular weight excluding hydrogens is 216 g/mol. The third-order valence-corrected chi connectivity index (χ3v) is 2.56. The van der Waals surface area contributed by atoms with E-state index in [0.717, 1.165) is 5.69 Å². The first-order valence-electron chi connectivity index (χ1n) is 4.60. The number of nitrogens with one attached hydrogen (secondary N) is 1. The smallest absolute Gasteiger partial charge is 0.250 e. The van der Waals surface area contributed by atoms with Crippen LogP contribution in [0, 0.1) is 0 Å². The predicted octanol–water partition coefficient (Wildman–Crippen LogP) is 1.25. The number of benzene rings is 1. The molecule has 0 atom stereocenters. The van der Waals surface area contributed by atoms with Crippen molar-refractivity contribution < 1.29 is 9.53 Å². The third-order valence-electron chi connectivity index (χ3n) is 2.24. The van der Waals surface area contributed by atoms with Crippen molar-refractivity contribution in [3.05, 3.63) is 28.8 Å². The zero-order chi connectivity index (χ0) is 10.8. The number of hydrogen-bond acceptors (Lipinski definition) is 3. The summed E-state index contributed by atoms with van der Waals surface area (Å²) in [5, 5.41) is 3.59. The number of carbonyl (C=O) groups is 1. The van der Waals surface area contributed by atoms with Crippen LogP contribution in [-0.2, 0) is 4.74 Å². The van der Waals surface area contributed by atoms with Gasteiger partial charge in [0.25, 0.3) is 0 Å². The quantitative estimate of drug-likeness (QED) is 0.815. The van der Waals surface area contributed by atoms with E-state index in [-0.39, 0.29) is 0 Å². The fraction of sp³-hybridized carbons (Fsp3) is 0.300. The van der Waals surface area contributed by atoms with Gasteiger partial charge >= 0.3 is 0 Å². The van der Waals surface area contributed by atoms with Gasteiger partial charge in [-0.25, -0.2) is 0 Å². The van der Waals surface area contributed by atoms with Crippen LogP contribution in [0.25, 0.3) is 0 Å². The first kappa shape index (κ1) is 10.3. The molecule has 0 saturated carbocycles.